The van der Waals surface area contributed by atoms with E-state index in [0.717, 1.165) is 52.6 Å². The number of alkyl halides is 2. The summed E-state index contributed by atoms with van der Waals surface area (Å²) in [6.07, 6.45) is 3.62. The molecule has 0 spiro atoms. The first kappa shape index (κ1) is 86.8. The van der Waals surface area contributed by atoms with Crippen molar-refractivity contribution in [1.82, 2.24) is 30.9 Å². The summed E-state index contributed by atoms with van der Waals surface area (Å²) in [5.41, 5.74) is 24.0. The van der Waals surface area contributed by atoms with Crippen molar-refractivity contribution in [2.45, 2.75) is 111 Å². The molecular formula is C82H84Br2F4N14O13. The molecule has 6 N–H and O–H groups in total. The fourth-order valence-electron chi connectivity index (χ4n) is 12.0. The van der Waals surface area contributed by atoms with Crippen LogP contribution in [0.25, 0.3) is 55.0 Å². The maximum absolute atomic E-state index is 14.8. The number of ether oxygens (including phenoxy) is 4. The predicted octanol–water partition coefficient (Wildman–Crippen LogP) is 15.7. The normalized spacial score (nSPS) is 15.8. The van der Waals surface area contributed by atoms with Crippen molar-refractivity contribution in [2.24, 2.45) is 10.8 Å². The summed E-state index contributed by atoms with van der Waals surface area (Å²) in [4.78, 5) is 100. The molecule has 4 aliphatic rings. The van der Waals surface area contributed by atoms with Gasteiger partial charge in [-0.25, -0.2) is 41.4 Å². The van der Waals surface area contributed by atoms with Gasteiger partial charge in [0.1, 0.15) is 66.1 Å². The minimum atomic E-state index is -0.829. The predicted molar refractivity (Wildman–Crippen MR) is 432 cm³/mol. The molecule has 9 aromatic rings. The molecule has 1 aromatic heterocycles. The molecule has 4 atom stereocenters. The minimum Gasteiger partial charge on any atom is -0.481 e. The van der Waals surface area contributed by atoms with Crippen LogP contribution < -0.4 is 41.3 Å². The zero-order chi connectivity index (χ0) is 82.7. The van der Waals surface area contributed by atoms with Crippen molar-refractivity contribution in [3.8, 4) is 44.5 Å². The number of benzene rings is 8. The lowest BCUT2D eigenvalue weighted by molar-refractivity contribution is -0.134. The van der Waals surface area contributed by atoms with Gasteiger partial charge in [-0.2, -0.15) is 0 Å². The highest BCUT2D eigenvalue weighted by Crippen LogP contribution is 2.35. The number of cyclic esters (lactones) is 4. The number of nitrogens with two attached hydrogens (primary N) is 1. The Hall–Kier alpha value is -12.2. The Balaban J connectivity index is 0.000000173. The number of hydrogen-bond donors (Lipinski definition) is 5. The van der Waals surface area contributed by atoms with E-state index in [1.807, 2.05) is 88.4 Å². The maximum Gasteiger partial charge on any atom is 0.414 e. The van der Waals surface area contributed by atoms with Gasteiger partial charge in [0.25, 0.3) is 0 Å². The summed E-state index contributed by atoms with van der Waals surface area (Å²) < 4.78 is 80.9. The van der Waals surface area contributed by atoms with Gasteiger partial charge in [-0.15, -0.1) is 5.10 Å². The minimum absolute atomic E-state index is 0.0347. The zero-order valence-electron chi connectivity index (χ0n) is 63.1. The molecule has 5 heterocycles. The Morgan fingerprint density at radius 1 is 0.478 bits per heavy atom. The van der Waals surface area contributed by atoms with E-state index in [0.29, 0.717) is 108 Å². The van der Waals surface area contributed by atoms with Crippen LogP contribution in [-0.2, 0) is 70.8 Å². The summed E-state index contributed by atoms with van der Waals surface area (Å²) in [5, 5.41) is 26.8. The molecule has 0 unspecified atom stereocenters. The summed E-state index contributed by atoms with van der Waals surface area (Å²) in [7, 11) is 0. The molecule has 0 aliphatic carbocycles. The summed E-state index contributed by atoms with van der Waals surface area (Å²) >= 11 is 5.81. The van der Waals surface area contributed by atoms with E-state index >= 15 is 0 Å². The van der Waals surface area contributed by atoms with Crippen molar-refractivity contribution in [3.63, 3.8) is 0 Å². The van der Waals surface area contributed by atoms with Crippen molar-refractivity contribution >= 4 is 103 Å². The SMILES string of the molecule is CC[C@H]1CN(c2ccc(-c3ccc(CN)cc3)c(F)c2)C(=O)O1.CC[C@H]1CN(c2ccc(-c3ccc(CNC(=O)CBr)cc3)c(F)c2)C(=O)O1.CC[C@H]1CN(c2ccc(-c3ccc(CNC(=O)CN=[N+]=[N-])cc3)c(F)c2)C(=O)O1.CC[C@H]1CN(c2ccc(-c3ccc(CNC(=O)Cn4ccnn4)cc3)c(F)c2)C(=O)O1.O=C(O)CBr. The third-order valence-corrected chi connectivity index (χ3v) is 19.4. The number of aromatic nitrogens is 3. The van der Waals surface area contributed by atoms with Crippen LogP contribution in [-0.4, -0.2) is 136 Å². The molecule has 13 rings (SSSR count). The van der Waals surface area contributed by atoms with Gasteiger partial charge in [-0.05, 0) is 149 Å². The first-order valence-electron chi connectivity index (χ1n) is 36.6. The van der Waals surface area contributed by atoms with Crippen LogP contribution in [0.1, 0.15) is 75.6 Å². The summed E-state index contributed by atoms with van der Waals surface area (Å²) in [6.45, 7) is 10.8. The number of rotatable bonds is 25. The molecule has 4 fully saturated rings. The Kier molecular flexibility index (Phi) is 32.2. The van der Waals surface area contributed by atoms with Crippen LogP contribution in [0.2, 0.25) is 0 Å². The second-order valence-electron chi connectivity index (χ2n) is 26.2. The van der Waals surface area contributed by atoms with E-state index in [1.54, 1.807) is 91.1 Å². The van der Waals surface area contributed by atoms with Gasteiger partial charge in [-0.1, -0.05) is 167 Å². The molecule has 4 aliphatic heterocycles. The number of nitrogens with zero attached hydrogens (tertiary/aromatic N) is 10. The highest BCUT2D eigenvalue weighted by molar-refractivity contribution is 9.09. The number of carboxylic acids is 1. The van der Waals surface area contributed by atoms with Gasteiger partial charge in [0.15, 0.2) is 0 Å². The first-order chi connectivity index (χ1) is 55.4. The molecule has 115 heavy (non-hydrogen) atoms. The van der Waals surface area contributed by atoms with Crippen LogP contribution in [0, 0.1) is 23.3 Å². The monoisotopic (exact) mass is 1710 g/mol. The van der Waals surface area contributed by atoms with E-state index in [2.05, 4.69) is 68.1 Å². The molecule has 7 amide bonds. The second-order valence-corrected chi connectivity index (χ2v) is 27.3. The number of amides is 7. The number of anilines is 4. The van der Waals surface area contributed by atoms with Gasteiger partial charge in [-0.3, -0.25) is 38.8 Å². The highest BCUT2D eigenvalue weighted by Gasteiger charge is 2.35. The number of carbonyl (C=O) groups excluding carboxylic acids is 7. The van der Waals surface area contributed by atoms with Crippen LogP contribution in [0.5, 0.6) is 0 Å². The zero-order valence-corrected chi connectivity index (χ0v) is 66.3. The van der Waals surface area contributed by atoms with Gasteiger partial charge in [0.05, 0.1) is 60.5 Å². The van der Waals surface area contributed by atoms with Gasteiger partial charge in [0, 0.05) is 59.5 Å². The largest absolute Gasteiger partial charge is 0.481 e. The van der Waals surface area contributed by atoms with Crippen molar-refractivity contribution in [3.05, 3.63) is 238 Å². The number of azide groups is 1. The van der Waals surface area contributed by atoms with Crippen LogP contribution in [0.4, 0.5) is 59.5 Å². The molecular weight excluding hydrogens is 1620 g/mol. The van der Waals surface area contributed by atoms with Gasteiger partial charge < -0.3 is 45.7 Å². The van der Waals surface area contributed by atoms with Crippen molar-refractivity contribution in [2.75, 3.05) is 63.0 Å². The molecule has 0 bridgehead atoms. The number of aliphatic carboxylic acids is 1. The third-order valence-electron chi connectivity index (χ3n) is 18.4. The van der Waals surface area contributed by atoms with E-state index in [-0.39, 0.29) is 78.2 Å². The molecule has 27 nitrogen and oxygen atoms in total. The number of halogens is 6. The van der Waals surface area contributed by atoms with Crippen LogP contribution >= 0.6 is 31.9 Å². The molecule has 602 valence electrons. The van der Waals surface area contributed by atoms with E-state index in [9.17, 15) is 55.9 Å². The Morgan fingerprint density at radius 2 is 0.774 bits per heavy atom. The van der Waals surface area contributed by atoms with E-state index < -0.39 is 47.8 Å². The lowest BCUT2D eigenvalue weighted by atomic mass is 10.0. The first-order valence-corrected chi connectivity index (χ1v) is 38.9. The third kappa shape index (κ3) is 24.4. The molecule has 4 saturated heterocycles. The smallest absolute Gasteiger partial charge is 0.414 e. The van der Waals surface area contributed by atoms with Crippen molar-refractivity contribution in [1.29, 1.82) is 0 Å². The molecule has 33 heteroatoms. The Labute approximate surface area is 676 Å². The lowest BCUT2D eigenvalue weighted by Crippen LogP contribution is -2.27. The molecule has 0 saturated carbocycles. The summed E-state index contributed by atoms with van der Waals surface area (Å²) in [5.74, 6) is -3.10. The maximum atomic E-state index is 14.8. The average Bonchev–Trinajstić information content (AvgIpc) is 1.79. The molecule has 8 aromatic carbocycles. The fraction of sp³-hybridized carbons (Fsp3) is 0.293. The number of carboxylic acid groups (broad SMARTS) is 1. The number of nitrogens with one attached hydrogen (secondary N) is 3. The summed E-state index contributed by atoms with van der Waals surface area (Å²) in [6, 6.07) is 48.1. The second kappa shape index (κ2) is 42.6. The standard InChI is InChI=1S/C22H22FN5O3.C20H20BrFN2O3.C20H20FN5O3.C18H19FN2O2.C2H3BrO2/c1-2-18-13-28(22(30)31-18)17-7-8-19(20(23)11-17)16-5-3-15(4-6-16)12-24-21(29)14-27-10-9-25-26-27;1-2-16-12-24(20(26)27-16)15-7-8-17(18(22)9-15)14-5-3-13(4-6-14)11-23-19(25)10-21;1-2-16-12-26(20(28)29-16)15-7-8-17(18(21)9-15)14-5-3-13(4-6-14)10-23-19(27)11-24-25-22;1-2-15-11-21(18(22)23-15)14-7-8-16(17(19)9-14)13-5-3-12(10-20)4-6-13;3-1-2(4)5/h3-11,18H,2,12-14H2,1H3,(H,24,29);3-9,16H,2,10-12H2,1H3,(H,23,25);3-9,16H,2,10-12H2,1H3,(H,23,27);3-9,15H,2,10-11,20H2,1H3;1H2,(H,4,5)/t18-;2*16-;15-;/m0000./s1. The van der Waals surface area contributed by atoms with E-state index in [1.165, 1.54) is 54.7 Å². The fourth-order valence-corrected chi connectivity index (χ4v) is 12.1. The highest BCUT2D eigenvalue weighted by atomic mass is 79.9. The Morgan fingerprint density at radius 3 is 1.02 bits per heavy atom. The van der Waals surface area contributed by atoms with Crippen molar-refractivity contribution < 1.29 is 80.0 Å². The number of hydrogen-bond acceptors (Lipinski definition) is 16. The average molecular weight is 1710 g/mol. The molecule has 0 radical (unpaired) electrons. The topological polar surface area (TPSA) is 348 Å². The lowest BCUT2D eigenvalue weighted by Gasteiger charge is -2.14. The van der Waals surface area contributed by atoms with Gasteiger partial charge in [0.2, 0.25) is 17.7 Å². The van der Waals surface area contributed by atoms with E-state index in [4.69, 9.17) is 35.3 Å². The van der Waals surface area contributed by atoms with Gasteiger partial charge >= 0.3 is 30.3 Å². The van der Waals surface area contributed by atoms with Crippen LogP contribution in [0.3, 0.4) is 0 Å². The quantitative estimate of drug-likeness (QED) is 0.00886. The Bertz CT molecular complexity index is 4920. The van der Waals surface area contributed by atoms with Crippen LogP contribution in [0.15, 0.2) is 187 Å². The number of carbonyl (C=O) groups is 8.